The zero-order valence-electron chi connectivity index (χ0n) is 12.3. The van der Waals surface area contributed by atoms with Crippen LogP contribution < -0.4 is 0 Å². The molecule has 3 rings (SSSR count). The molecule has 1 aromatic carbocycles. The zero-order chi connectivity index (χ0) is 15.7. The highest BCUT2D eigenvalue weighted by molar-refractivity contribution is 7.17. The third-order valence-electron chi connectivity index (χ3n) is 3.99. The third kappa shape index (κ3) is 3.13. The van der Waals surface area contributed by atoms with Gasteiger partial charge in [0, 0.05) is 16.3 Å². The average Bonchev–Trinajstić information content (AvgIpc) is 2.90. The summed E-state index contributed by atoms with van der Waals surface area (Å²) in [5, 5.41) is 13.0. The van der Waals surface area contributed by atoms with Gasteiger partial charge in [0.1, 0.15) is 0 Å². The molecule has 0 saturated carbocycles. The number of hydrogen-bond acceptors (Lipinski definition) is 4. The summed E-state index contributed by atoms with van der Waals surface area (Å²) >= 11 is 7.68. The second-order valence-electron chi connectivity index (χ2n) is 5.61. The molecule has 0 aliphatic carbocycles. The van der Waals surface area contributed by atoms with E-state index in [1.807, 2.05) is 30.5 Å². The van der Waals surface area contributed by atoms with Gasteiger partial charge in [0.25, 0.3) is 0 Å². The van der Waals surface area contributed by atoms with E-state index in [0.717, 1.165) is 15.6 Å². The van der Waals surface area contributed by atoms with Crippen LogP contribution in [0.3, 0.4) is 0 Å². The molecular formula is C16H18ClNO3S. The quantitative estimate of drug-likeness (QED) is 0.935. The van der Waals surface area contributed by atoms with Crippen molar-refractivity contribution in [3.63, 3.8) is 0 Å². The molecule has 0 bridgehead atoms. The van der Waals surface area contributed by atoms with Crippen LogP contribution in [0.2, 0.25) is 5.02 Å². The average molecular weight is 340 g/mol. The largest absolute Gasteiger partial charge is 0.394 e. The summed E-state index contributed by atoms with van der Waals surface area (Å²) in [5.74, 6) is 0.0638. The lowest BCUT2D eigenvalue weighted by atomic mass is 10.1. The number of ether oxygens (including phenoxy) is 1. The Hall–Kier alpha value is -1.14. The molecule has 1 N–H and O–H groups in total. The molecule has 0 spiro atoms. The van der Waals surface area contributed by atoms with Crippen LogP contribution in [0.4, 0.5) is 0 Å². The lowest BCUT2D eigenvalue weighted by Gasteiger charge is -2.37. The second-order valence-corrected chi connectivity index (χ2v) is 6.96. The Kier molecular flexibility index (Phi) is 4.68. The van der Waals surface area contributed by atoms with Crippen molar-refractivity contribution < 1.29 is 14.6 Å². The van der Waals surface area contributed by atoms with Gasteiger partial charge in [-0.15, -0.1) is 11.3 Å². The molecule has 1 saturated heterocycles. The van der Waals surface area contributed by atoms with Crippen molar-refractivity contribution in [2.24, 2.45) is 0 Å². The number of hydrogen-bond donors (Lipinski definition) is 1. The van der Waals surface area contributed by atoms with Gasteiger partial charge < -0.3 is 14.7 Å². The van der Waals surface area contributed by atoms with Crippen LogP contribution in [-0.4, -0.2) is 47.8 Å². The second kappa shape index (κ2) is 6.54. The van der Waals surface area contributed by atoms with Crippen LogP contribution in [0, 0.1) is 0 Å². The Balaban J connectivity index is 1.79. The summed E-state index contributed by atoms with van der Waals surface area (Å²) in [4.78, 5) is 14.4. The molecule has 2 atom stereocenters. The van der Waals surface area contributed by atoms with Crippen LogP contribution >= 0.6 is 22.9 Å². The van der Waals surface area contributed by atoms with Gasteiger partial charge in [-0.25, -0.2) is 0 Å². The molecule has 1 aromatic heterocycles. The first kappa shape index (κ1) is 15.7. The van der Waals surface area contributed by atoms with E-state index in [-0.39, 0.29) is 24.7 Å². The van der Waals surface area contributed by atoms with E-state index in [9.17, 15) is 9.90 Å². The molecule has 22 heavy (non-hydrogen) atoms. The first-order valence-electron chi connectivity index (χ1n) is 7.26. The molecule has 2 aromatic rings. The van der Waals surface area contributed by atoms with Gasteiger partial charge in [0.15, 0.2) is 0 Å². The normalized spacial score (nSPS) is 22.2. The van der Waals surface area contributed by atoms with Gasteiger partial charge in [0.05, 0.1) is 31.8 Å². The number of rotatable bonds is 3. The predicted octanol–water partition coefficient (Wildman–Crippen LogP) is 2.71. The SMILES string of the molecule is C[C@H]1CO[C@H](CO)CN1C(=O)Cc1csc2ccc(Cl)cc12. The lowest BCUT2D eigenvalue weighted by Crippen LogP contribution is -2.52. The number of benzene rings is 1. The Morgan fingerprint density at radius 1 is 1.55 bits per heavy atom. The first-order chi connectivity index (χ1) is 10.6. The topological polar surface area (TPSA) is 49.8 Å². The Morgan fingerprint density at radius 3 is 3.14 bits per heavy atom. The number of carbonyl (C=O) groups excluding carboxylic acids is 1. The summed E-state index contributed by atoms with van der Waals surface area (Å²) in [6.45, 7) is 2.81. The summed E-state index contributed by atoms with van der Waals surface area (Å²) in [6.07, 6.45) is 0.0665. The van der Waals surface area contributed by atoms with Crippen molar-refractivity contribution in [2.45, 2.75) is 25.5 Å². The van der Waals surface area contributed by atoms with Gasteiger partial charge in [-0.2, -0.15) is 0 Å². The number of thiophene rings is 1. The van der Waals surface area contributed by atoms with Gasteiger partial charge in [-0.3, -0.25) is 4.79 Å². The highest BCUT2D eigenvalue weighted by Crippen LogP contribution is 2.29. The zero-order valence-corrected chi connectivity index (χ0v) is 13.9. The minimum absolute atomic E-state index is 0.0313. The number of amides is 1. The molecule has 0 radical (unpaired) electrons. The van der Waals surface area contributed by atoms with Crippen LogP contribution in [0.25, 0.3) is 10.1 Å². The maximum atomic E-state index is 12.6. The molecule has 2 heterocycles. The molecule has 1 fully saturated rings. The van der Waals surface area contributed by atoms with E-state index >= 15 is 0 Å². The van der Waals surface area contributed by atoms with E-state index in [1.54, 1.807) is 16.2 Å². The number of aliphatic hydroxyl groups is 1. The van der Waals surface area contributed by atoms with Gasteiger partial charge >= 0.3 is 0 Å². The van der Waals surface area contributed by atoms with Crippen molar-refractivity contribution in [1.29, 1.82) is 0 Å². The number of carbonyl (C=O) groups is 1. The van der Waals surface area contributed by atoms with Crippen molar-refractivity contribution in [3.05, 3.63) is 34.2 Å². The van der Waals surface area contributed by atoms with Gasteiger partial charge in [-0.05, 0) is 41.5 Å². The third-order valence-corrected chi connectivity index (χ3v) is 5.23. The summed E-state index contributed by atoms with van der Waals surface area (Å²) < 4.78 is 6.62. The van der Waals surface area contributed by atoms with Crippen LogP contribution in [0.15, 0.2) is 23.6 Å². The number of halogens is 1. The smallest absolute Gasteiger partial charge is 0.227 e. The van der Waals surface area contributed by atoms with E-state index < -0.39 is 0 Å². The highest BCUT2D eigenvalue weighted by Gasteiger charge is 2.29. The maximum Gasteiger partial charge on any atom is 0.227 e. The van der Waals surface area contributed by atoms with Crippen LogP contribution in [-0.2, 0) is 16.0 Å². The van der Waals surface area contributed by atoms with E-state index in [4.69, 9.17) is 16.3 Å². The summed E-state index contributed by atoms with van der Waals surface area (Å²) in [5.41, 5.74) is 1.01. The Bertz CT molecular complexity index is 687. The van der Waals surface area contributed by atoms with Crippen molar-refractivity contribution in [3.8, 4) is 0 Å². The van der Waals surface area contributed by atoms with Crippen molar-refractivity contribution in [1.82, 2.24) is 4.90 Å². The molecule has 4 nitrogen and oxygen atoms in total. The fraction of sp³-hybridized carbons (Fsp3) is 0.438. The van der Waals surface area contributed by atoms with Crippen LogP contribution in [0.1, 0.15) is 12.5 Å². The van der Waals surface area contributed by atoms with E-state index in [0.29, 0.717) is 24.6 Å². The van der Waals surface area contributed by atoms with E-state index in [1.165, 1.54) is 0 Å². The molecule has 1 aliphatic rings. The Morgan fingerprint density at radius 2 is 2.36 bits per heavy atom. The molecule has 1 aliphatic heterocycles. The minimum Gasteiger partial charge on any atom is -0.394 e. The Labute approximate surface area is 138 Å². The first-order valence-corrected chi connectivity index (χ1v) is 8.52. The maximum absolute atomic E-state index is 12.6. The van der Waals surface area contributed by atoms with Crippen molar-refractivity contribution >= 4 is 38.9 Å². The molecule has 0 unspecified atom stereocenters. The molecule has 6 heteroatoms. The predicted molar refractivity (Wildman–Crippen MR) is 88.5 cm³/mol. The number of nitrogens with zero attached hydrogens (tertiary/aromatic N) is 1. The standard InChI is InChI=1S/C16H18ClNO3S/c1-10-8-21-13(7-19)6-18(10)16(20)4-11-9-22-15-3-2-12(17)5-14(11)15/h2-3,5,9-10,13,19H,4,6-8H2,1H3/t10-,13-/m0/s1. The molecular weight excluding hydrogens is 322 g/mol. The number of morpholine rings is 1. The van der Waals surface area contributed by atoms with Crippen LogP contribution in [0.5, 0.6) is 0 Å². The fourth-order valence-electron chi connectivity index (χ4n) is 2.73. The monoisotopic (exact) mass is 339 g/mol. The molecule has 118 valence electrons. The minimum atomic E-state index is -0.284. The van der Waals surface area contributed by atoms with Gasteiger partial charge in [-0.1, -0.05) is 11.6 Å². The number of aliphatic hydroxyl groups excluding tert-OH is 1. The van der Waals surface area contributed by atoms with E-state index in [2.05, 4.69) is 0 Å². The lowest BCUT2D eigenvalue weighted by molar-refractivity contribution is -0.145. The van der Waals surface area contributed by atoms with Gasteiger partial charge in [0.2, 0.25) is 5.91 Å². The summed E-state index contributed by atoms with van der Waals surface area (Å²) in [7, 11) is 0. The fourth-order valence-corrected chi connectivity index (χ4v) is 3.85. The number of fused-ring (bicyclic) bond motifs is 1. The molecule has 1 amide bonds. The summed E-state index contributed by atoms with van der Waals surface area (Å²) in [6, 6.07) is 5.79. The highest BCUT2D eigenvalue weighted by atomic mass is 35.5. The van der Waals surface area contributed by atoms with Crippen molar-refractivity contribution in [2.75, 3.05) is 19.8 Å².